The first-order valence-corrected chi connectivity index (χ1v) is 5.28. The lowest BCUT2D eigenvalue weighted by Crippen LogP contribution is -2.06. The zero-order chi connectivity index (χ0) is 10.3. The third-order valence-corrected chi connectivity index (χ3v) is 3.36. The summed E-state index contributed by atoms with van der Waals surface area (Å²) in [6, 6.07) is 1.71. The zero-order valence-corrected chi connectivity index (χ0v) is 9.47. The standard InChI is InChI=1S/C10H12BrNO2/c1-14-8-4-6(11)5-2-3-7(12)9(5)10(8)13/h4,7,13H,2-3,12H2,1H3/t7-/m0/s1. The number of methoxy groups -OCH3 is 1. The summed E-state index contributed by atoms with van der Waals surface area (Å²) < 4.78 is 6.03. The van der Waals surface area contributed by atoms with Crippen LogP contribution in [0.1, 0.15) is 23.6 Å². The number of aromatic hydroxyl groups is 1. The minimum atomic E-state index is -0.0728. The second kappa shape index (κ2) is 3.44. The highest BCUT2D eigenvalue weighted by molar-refractivity contribution is 9.10. The number of halogens is 1. The Morgan fingerprint density at radius 2 is 2.36 bits per heavy atom. The molecule has 0 fully saturated rings. The number of phenolic OH excluding ortho intramolecular Hbond substituents is 1. The molecular weight excluding hydrogens is 246 g/mol. The Labute approximate surface area is 91.0 Å². The average molecular weight is 258 g/mol. The van der Waals surface area contributed by atoms with E-state index >= 15 is 0 Å². The summed E-state index contributed by atoms with van der Waals surface area (Å²) in [6.45, 7) is 0. The number of fused-ring (bicyclic) bond motifs is 1. The van der Waals surface area contributed by atoms with Crippen LogP contribution in [0, 0.1) is 0 Å². The molecule has 0 saturated heterocycles. The summed E-state index contributed by atoms with van der Waals surface area (Å²) in [6.07, 6.45) is 1.79. The van der Waals surface area contributed by atoms with E-state index in [4.69, 9.17) is 10.5 Å². The van der Waals surface area contributed by atoms with Gasteiger partial charge in [0.2, 0.25) is 0 Å². The molecule has 1 atom stereocenters. The number of nitrogens with two attached hydrogens (primary N) is 1. The second-order valence-corrected chi connectivity index (χ2v) is 4.30. The van der Waals surface area contributed by atoms with E-state index in [9.17, 15) is 5.11 Å². The van der Waals surface area contributed by atoms with E-state index in [1.807, 2.05) is 0 Å². The molecule has 1 aliphatic carbocycles. The van der Waals surface area contributed by atoms with Crippen LogP contribution in [0.4, 0.5) is 0 Å². The van der Waals surface area contributed by atoms with Gasteiger partial charge in [0, 0.05) is 16.1 Å². The van der Waals surface area contributed by atoms with Crippen LogP contribution in [-0.4, -0.2) is 12.2 Å². The number of benzene rings is 1. The highest BCUT2D eigenvalue weighted by Gasteiger charge is 2.27. The molecule has 3 nitrogen and oxygen atoms in total. The van der Waals surface area contributed by atoms with Crippen LogP contribution in [0.25, 0.3) is 0 Å². The molecule has 2 rings (SSSR count). The average Bonchev–Trinajstić information content (AvgIpc) is 2.54. The van der Waals surface area contributed by atoms with Gasteiger partial charge in [-0.15, -0.1) is 0 Å². The molecule has 0 bridgehead atoms. The van der Waals surface area contributed by atoms with Crippen molar-refractivity contribution in [2.24, 2.45) is 5.73 Å². The van der Waals surface area contributed by atoms with Gasteiger partial charge in [0.25, 0.3) is 0 Å². The summed E-state index contributed by atoms with van der Waals surface area (Å²) in [5, 5.41) is 9.88. The van der Waals surface area contributed by atoms with Gasteiger partial charge in [-0.1, -0.05) is 15.9 Å². The third-order valence-electron chi connectivity index (χ3n) is 2.66. The smallest absolute Gasteiger partial charge is 0.162 e. The van der Waals surface area contributed by atoms with Crippen molar-refractivity contribution in [3.05, 3.63) is 21.7 Å². The van der Waals surface area contributed by atoms with Crippen molar-refractivity contribution in [2.45, 2.75) is 18.9 Å². The van der Waals surface area contributed by atoms with E-state index in [1.165, 1.54) is 7.11 Å². The Morgan fingerprint density at radius 3 is 3.00 bits per heavy atom. The predicted octanol–water partition coefficient (Wildman–Crippen LogP) is 2.11. The molecule has 0 radical (unpaired) electrons. The number of ether oxygens (including phenoxy) is 1. The van der Waals surface area contributed by atoms with Crippen LogP contribution in [-0.2, 0) is 6.42 Å². The molecule has 14 heavy (non-hydrogen) atoms. The lowest BCUT2D eigenvalue weighted by atomic mass is 10.1. The van der Waals surface area contributed by atoms with E-state index in [0.717, 1.165) is 28.4 Å². The van der Waals surface area contributed by atoms with E-state index < -0.39 is 0 Å². The summed E-state index contributed by atoms with van der Waals surface area (Å²) in [5.41, 5.74) is 7.84. The topological polar surface area (TPSA) is 55.5 Å². The van der Waals surface area contributed by atoms with Crippen molar-refractivity contribution in [3.8, 4) is 11.5 Å². The molecular formula is C10H12BrNO2. The number of phenols is 1. The van der Waals surface area contributed by atoms with Gasteiger partial charge >= 0.3 is 0 Å². The molecule has 0 heterocycles. The van der Waals surface area contributed by atoms with E-state index in [-0.39, 0.29) is 11.8 Å². The first-order chi connectivity index (χ1) is 6.65. The van der Waals surface area contributed by atoms with Crippen molar-refractivity contribution in [1.29, 1.82) is 0 Å². The SMILES string of the molecule is COc1cc(Br)c2c(c1O)[C@@H](N)CC2. The number of rotatable bonds is 1. The Balaban J connectivity index is 2.65. The molecule has 0 spiro atoms. The fourth-order valence-electron chi connectivity index (χ4n) is 1.93. The normalized spacial score (nSPS) is 19.5. The van der Waals surface area contributed by atoms with Gasteiger partial charge in [-0.25, -0.2) is 0 Å². The van der Waals surface area contributed by atoms with Crippen LogP contribution in [0.3, 0.4) is 0 Å². The molecule has 4 heteroatoms. The molecule has 76 valence electrons. The Kier molecular flexibility index (Phi) is 2.41. The number of hydrogen-bond acceptors (Lipinski definition) is 3. The quantitative estimate of drug-likeness (QED) is 0.811. The molecule has 0 unspecified atom stereocenters. The largest absolute Gasteiger partial charge is 0.504 e. The first kappa shape index (κ1) is 9.80. The third kappa shape index (κ3) is 1.29. The van der Waals surface area contributed by atoms with Gasteiger partial charge in [-0.05, 0) is 24.5 Å². The van der Waals surface area contributed by atoms with Gasteiger partial charge in [0.15, 0.2) is 11.5 Å². The van der Waals surface area contributed by atoms with E-state index in [1.54, 1.807) is 6.07 Å². The van der Waals surface area contributed by atoms with E-state index in [2.05, 4.69) is 15.9 Å². The van der Waals surface area contributed by atoms with Gasteiger partial charge < -0.3 is 15.6 Å². The molecule has 1 aromatic carbocycles. The van der Waals surface area contributed by atoms with Crippen molar-refractivity contribution in [1.82, 2.24) is 0 Å². The molecule has 1 aliphatic rings. The maximum absolute atomic E-state index is 9.88. The van der Waals surface area contributed by atoms with Gasteiger partial charge in [-0.3, -0.25) is 0 Å². The van der Waals surface area contributed by atoms with Crippen molar-refractivity contribution in [3.63, 3.8) is 0 Å². The minimum absolute atomic E-state index is 0.0728. The van der Waals surface area contributed by atoms with Gasteiger partial charge in [-0.2, -0.15) is 0 Å². The Morgan fingerprint density at radius 1 is 1.64 bits per heavy atom. The summed E-state index contributed by atoms with van der Waals surface area (Å²) >= 11 is 3.45. The predicted molar refractivity (Wildman–Crippen MR) is 57.6 cm³/mol. The fraction of sp³-hybridized carbons (Fsp3) is 0.400. The highest BCUT2D eigenvalue weighted by atomic mass is 79.9. The molecule has 0 amide bonds. The lowest BCUT2D eigenvalue weighted by Gasteiger charge is -2.12. The minimum Gasteiger partial charge on any atom is -0.504 e. The summed E-state index contributed by atoms with van der Waals surface area (Å²) in [7, 11) is 1.54. The monoisotopic (exact) mass is 257 g/mol. The molecule has 0 aromatic heterocycles. The summed E-state index contributed by atoms with van der Waals surface area (Å²) in [5.74, 6) is 0.670. The fourth-order valence-corrected chi connectivity index (χ4v) is 2.55. The van der Waals surface area contributed by atoms with Crippen LogP contribution < -0.4 is 10.5 Å². The number of hydrogen-bond donors (Lipinski definition) is 2. The maximum atomic E-state index is 9.88. The molecule has 0 aliphatic heterocycles. The van der Waals surface area contributed by atoms with Crippen LogP contribution in [0.5, 0.6) is 11.5 Å². The van der Waals surface area contributed by atoms with E-state index in [0.29, 0.717) is 5.75 Å². The van der Waals surface area contributed by atoms with Crippen LogP contribution >= 0.6 is 15.9 Å². The zero-order valence-electron chi connectivity index (χ0n) is 7.88. The van der Waals surface area contributed by atoms with Crippen molar-refractivity contribution in [2.75, 3.05) is 7.11 Å². The maximum Gasteiger partial charge on any atom is 0.162 e. The molecule has 1 aromatic rings. The first-order valence-electron chi connectivity index (χ1n) is 4.49. The second-order valence-electron chi connectivity index (χ2n) is 3.45. The van der Waals surface area contributed by atoms with Crippen molar-refractivity contribution >= 4 is 15.9 Å². The van der Waals surface area contributed by atoms with Crippen molar-refractivity contribution < 1.29 is 9.84 Å². The molecule has 0 saturated carbocycles. The Bertz CT molecular complexity index is 379. The van der Waals surface area contributed by atoms with Gasteiger partial charge in [0.05, 0.1) is 7.11 Å². The molecule has 3 N–H and O–H groups in total. The highest BCUT2D eigenvalue weighted by Crippen LogP contribution is 2.45. The lowest BCUT2D eigenvalue weighted by molar-refractivity contribution is 0.369. The summed E-state index contributed by atoms with van der Waals surface area (Å²) in [4.78, 5) is 0. The van der Waals surface area contributed by atoms with Crippen LogP contribution in [0.2, 0.25) is 0 Å². The van der Waals surface area contributed by atoms with Gasteiger partial charge in [0.1, 0.15) is 0 Å². The van der Waals surface area contributed by atoms with Crippen LogP contribution in [0.15, 0.2) is 10.5 Å². The Hall–Kier alpha value is -0.740.